The first-order valence-corrected chi connectivity index (χ1v) is 10.9. The van der Waals surface area contributed by atoms with Crippen LogP contribution in [0.25, 0.3) is 22.0 Å². The molecule has 0 unspecified atom stereocenters. The van der Waals surface area contributed by atoms with E-state index < -0.39 is 12.1 Å². The van der Waals surface area contributed by atoms with Crippen molar-refractivity contribution in [1.82, 2.24) is 15.3 Å². The van der Waals surface area contributed by atoms with Gasteiger partial charge in [0.2, 0.25) is 5.95 Å². The van der Waals surface area contributed by atoms with Crippen molar-refractivity contribution in [1.29, 1.82) is 0 Å². The largest absolute Gasteiger partial charge is 0.495 e. The maximum atomic E-state index is 10.6. The molecule has 0 aliphatic carbocycles. The molecule has 1 aliphatic rings. The van der Waals surface area contributed by atoms with Gasteiger partial charge in [0.15, 0.2) is 0 Å². The van der Waals surface area contributed by atoms with Gasteiger partial charge in [-0.2, -0.15) is 13.2 Å². The summed E-state index contributed by atoms with van der Waals surface area (Å²) in [6.07, 6.45) is -2.22. The number of nitrogens with one attached hydrogen (secondary N) is 2. The normalized spacial score (nSPS) is 15.3. The van der Waals surface area contributed by atoms with Gasteiger partial charge in [0.05, 0.1) is 29.8 Å². The van der Waals surface area contributed by atoms with E-state index in [9.17, 15) is 13.2 Å². The monoisotopic (exact) mass is 532 g/mol. The molecule has 35 heavy (non-hydrogen) atoms. The molecule has 2 heterocycles. The van der Waals surface area contributed by atoms with Crippen LogP contribution in [0.15, 0.2) is 30.5 Å². The minimum atomic E-state index is -5.08. The lowest BCUT2D eigenvalue weighted by Crippen LogP contribution is -2.23. The van der Waals surface area contributed by atoms with Crippen molar-refractivity contribution in [3.8, 4) is 22.6 Å². The third-order valence-electron chi connectivity index (χ3n) is 5.08. The number of ether oxygens (including phenoxy) is 2. The highest BCUT2D eigenvalue weighted by Gasteiger charge is 2.38. The maximum absolute atomic E-state index is 10.6. The van der Waals surface area contributed by atoms with Crippen LogP contribution in [-0.2, 0) is 4.79 Å². The average Bonchev–Trinajstić information content (AvgIpc) is 3.32. The first kappa shape index (κ1) is 26.6. The number of aromatic nitrogens is 2. The summed E-state index contributed by atoms with van der Waals surface area (Å²) in [6, 6.07) is 7.86. The Hall–Kier alpha value is -3.02. The number of carboxylic acid groups (broad SMARTS) is 1. The lowest BCUT2D eigenvalue weighted by molar-refractivity contribution is -0.192. The number of nitrogens with zero attached hydrogens (tertiary/aromatic N) is 2. The predicted molar refractivity (Wildman–Crippen MR) is 127 cm³/mol. The highest BCUT2D eigenvalue weighted by Crippen LogP contribution is 2.46. The van der Waals surface area contributed by atoms with Crippen LogP contribution in [0.4, 0.5) is 19.1 Å². The molecule has 1 aromatic heterocycles. The molecule has 0 spiro atoms. The third-order valence-corrected chi connectivity index (χ3v) is 5.83. The van der Waals surface area contributed by atoms with Gasteiger partial charge in [0.1, 0.15) is 11.5 Å². The zero-order valence-electron chi connectivity index (χ0n) is 18.5. The van der Waals surface area contributed by atoms with Gasteiger partial charge in [-0.05, 0) is 30.7 Å². The highest BCUT2D eigenvalue weighted by molar-refractivity contribution is 6.41. The predicted octanol–water partition coefficient (Wildman–Crippen LogP) is 5.03. The highest BCUT2D eigenvalue weighted by atomic mass is 35.5. The Morgan fingerprint density at radius 2 is 1.80 bits per heavy atom. The number of hydrogen-bond donors (Lipinski definition) is 3. The van der Waals surface area contributed by atoms with E-state index in [2.05, 4.69) is 20.6 Å². The molecule has 3 aromatic rings. The molecule has 1 saturated heterocycles. The molecule has 0 bridgehead atoms. The fraction of sp³-hybridized carbons (Fsp3) is 0.318. The number of methoxy groups -OCH3 is 2. The van der Waals surface area contributed by atoms with Crippen molar-refractivity contribution in [3.05, 3.63) is 40.5 Å². The number of halogens is 5. The van der Waals surface area contributed by atoms with Crippen molar-refractivity contribution in [2.45, 2.75) is 18.6 Å². The molecule has 1 atom stereocenters. The number of carboxylic acids is 1. The van der Waals surface area contributed by atoms with Crippen LogP contribution in [0.1, 0.15) is 6.42 Å². The average molecular weight is 533 g/mol. The van der Waals surface area contributed by atoms with Gasteiger partial charge in [-0.25, -0.2) is 14.8 Å². The fourth-order valence-corrected chi connectivity index (χ4v) is 4.08. The third kappa shape index (κ3) is 6.36. The molecule has 0 radical (unpaired) electrons. The summed E-state index contributed by atoms with van der Waals surface area (Å²) < 4.78 is 42.5. The van der Waals surface area contributed by atoms with Crippen LogP contribution in [0.5, 0.6) is 11.5 Å². The summed E-state index contributed by atoms with van der Waals surface area (Å²) in [4.78, 5) is 18.0. The number of fused-ring (bicyclic) bond motifs is 1. The minimum absolute atomic E-state index is 0.360. The Morgan fingerprint density at radius 1 is 1.17 bits per heavy atom. The number of aliphatic carboxylic acids is 1. The summed E-state index contributed by atoms with van der Waals surface area (Å²) in [5.41, 5.74) is 2.33. The van der Waals surface area contributed by atoms with E-state index in [1.54, 1.807) is 26.5 Å². The van der Waals surface area contributed by atoms with Crippen LogP contribution in [0.3, 0.4) is 0 Å². The molecular formula is C22H21Cl2F3N4O4. The number of benzene rings is 2. The van der Waals surface area contributed by atoms with E-state index in [1.165, 1.54) is 0 Å². The number of anilines is 1. The molecule has 188 valence electrons. The van der Waals surface area contributed by atoms with Gasteiger partial charge in [-0.3, -0.25) is 0 Å². The standard InChI is InChI=1S/C20H20Cl2N4O2.C2HF3O2/c1-27-15-8-16(28-2)19(22)17(18(15)21)11-3-4-14-12(7-11)9-24-20(26-14)25-13-5-6-23-10-13;3-2(4,5)1(6)7/h3-4,7-9,13,23H,5-6,10H2,1-2H3,(H,24,25,26);(H,6,7)/t13-;/m1./s1. The molecule has 13 heteroatoms. The Balaban J connectivity index is 0.000000429. The molecule has 2 aromatic carbocycles. The topological polar surface area (TPSA) is 106 Å². The molecule has 1 fully saturated rings. The Morgan fingerprint density at radius 3 is 2.31 bits per heavy atom. The smallest absolute Gasteiger partial charge is 0.490 e. The van der Waals surface area contributed by atoms with Crippen LogP contribution in [0.2, 0.25) is 10.0 Å². The fourth-order valence-electron chi connectivity index (χ4n) is 3.36. The Labute approximate surface area is 208 Å². The second kappa shape index (κ2) is 11.1. The van der Waals surface area contributed by atoms with Crippen molar-refractivity contribution >= 4 is 46.0 Å². The quantitative estimate of drug-likeness (QED) is 0.420. The molecule has 0 amide bonds. The molecule has 1 aliphatic heterocycles. The first-order chi connectivity index (χ1) is 16.5. The lowest BCUT2D eigenvalue weighted by atomic mass is 10.0. The second-order valence-electron chi connectivity index (χ2n) is 7.39. The molecule has 4 rings (SSSR count). The van der Waals surface area contributed by atoms with Gasteiger partial charge in [0, 0.05) is 35.8 Å². The number of hydrogen-bond acceptors (Lipinski definition) is 7. The Bertz CT molecular complexity index is 1190. The van der Waals surface area contributed by atoms with E-state index in [0.29, 0.717) is 39.1 Å². The van der Waals surface area contributed by atoms with Crippen LogP contribution in [0, 0.1) is 0 Å². The summed E-state index contributed by atoms with van der Waals surface area (Å²) in [7, 11) is 3.11. The number of carbonyl (C=O) groups is 1. The van der Waals surface area contributed by atoms with Gasteiger partial charge in [-0.15, -0.1) is 0 Å². The molecule has 3 N–H and O–H groups in total. The zero-order chi connectivity index (χ0) is 25.8. The molecule has 0 saturated carbocycles. The van der Waals surface area contributed by atoms with Crippen molar-refractivity contribution in [2.75, 3.05) is 32.6 Å². The second-order valence-corrected chi connectivity index (χ2v) is 8.14. The number of alkyl halides is 3. The molecule has 8 nitrogen and oxygen atoms in total. The van der Waals surface area contributed by atoms with E-state index in [4.69, 9.17) is 42.6 Å². The minimum Gasteiger partial charge on any atom is -0.495 e. The van der Waals surface area contributed by atoms with E-state index in [1.807, 2.05) is 18.2 Å². The summed E-state index contributed by atoms with van der Waals surface area (Å²) >= 11 is 13.1. The SMILES string of the molecule is COc1cc(OC)c(Cl)c(-c2ccc3nc(N[C@@H]4CCNC4)ncc3c2)c1Cl.O=C(O)C(F)(F)F. The zero-order valence-corrected chi connectivity index (χ0v) is 20.1. The maximum Gasteiger partial charge on any atom is 0.490 e. The van der Waals surface area contributed by atoms with Crippen LogP contribution in [-0.4, -0.2) is 60.6 Å². The van der Waals surface area contributed by atoms with Crippen LogP contribution < -0.4 is 20.1 Å². The van der Waals surface area contributed by atoms with E-state index >= 15 is 0 Å². The van der Waals surface area contributed by atoms with Crippen LogP contribution >= 0.6 is 23.2 Å². The van der Waals surface area contributed by atoms with Crippen molar-refractivity contribution in [2.24, 2.45) is 0 Å². The van der Waals surface area contributed by atoms with Crippen molar-refractivity contribution in [3.63, 3.8) is 0 Å². The number of rotatable bonds is 5. The van der Waals surface area contributed by atoms with Crippen molar-refractivity contribution < 1.29 is 32.5 Å². The summed E-state index contributed by atoms with van der Waals surface area (Å²) in [6.45, 7) is 1.94. The Kier molecular flexibility index (Phi) is 8.47. The summed E-state index contributed by atoms with van der Waals surface area (Å²) in [5, 5.41) is 15.6. The van der Waals surface area contributed by atoms with Gasteiger partial charge in [0.25, 0.3) is 0 Å². The summed E-state index contributed by atoms with van der Waals surface area (Å²) in [5.74, 6) is -1.13. The van der Waals surface area contributed by atoms with Gasteiger partial charge in [-0.1, -0.05) is 29.3 Å². The lowest BCUT2D eigenvalue weighted by Gasteiger charge is -2.15. The molecular weight excluding hydrogens is 512 g/mol. The van der Waals surface area contributed by atoms with Gasteiger partial charge >= 0.3 is 12.1 Å². The van der Waals surface area contributed by atoms with Gasteiger partial charge < -0.3 is 25.2 Å². The van der Waals surface area contributed by atoms with E-state index in [0.717, 1.165) is 36.0 Å². The van der Waals surface area contributed by atoms with E-state index in [-0.39, 0.29) is 0 Å². The first-order valence-electron chi connectivity index (χ1n) is 10.2.